The van der Waals surface area contributed by atoms with Crippen LogP contribution in [0, 0.1) is 10.1 Å². The summed E-state index contributed by atoms with van der Waals surface area (Å²) in [6.45, 7) is 0.416. The second kappa shape index (κ2) is 10.0. The number of ether oxygens (including phenoxy) is 3. The molecule has 33 heavy (non-hydrogen) atoms. The van der Waals surface area contributed by atoms with Crippen LogP contribution in [-0.2, 0) is 11.3 Å². The molecule has 12 heteroatoms. The molecule has 1 aromatic heterocycles. The number of nitro groups is 1. The van der Waals surface area contributed by atoms with Crippen LogP contribution in [0.15, 0.2) is 40.9 Å². The van der Waals surface area contributed by atoms with E-state index in [4.69, 9.17) is 14.0 Å². The van der Waals surface area contributed by atoms with Crippen LogP contribution in [0.25, 0.3) is 11.4 Å². The number of nitrogens with zero attached hydrogens (tertiary/aromatic N) is 3. The molecule has 0 saturated carbocycles. The van der Waals surface area contributed by atoms with Gasteiger partial charge in [-0.2, -0.15) is 13.8 Å². The Morgan fingerprint density at radius 2 is 1.88 bits per heavy atom. The molecule has 0 bridgehead atoms. The van der Waals surface area contributed by atoms with Crippen molar-refractivity contribution in [2.45, 2.75) is 33.0 Å². The van der Waals surface area contributed by atoms with Crippen molar-refractivity contribution < 1.29 is 37.2 Å². The summed E-state index contributed by atoms with van der Waals surface area (Å²) in [7, 11) is 1.13. The maximum atomic E-state index is 12.6. The number of benzene rings is 2. The summed E-state index contributed by atoms with van der Waals surface area (Å²) in [6, 6.07) is 9.07. The molecule has 174 valence electrons. The van der Waals surface area contributed by atoms with E-state index in [2.05, 4.69) is 28.7 Å². The second-order valence-electron chi connectivity index (χ2n) is 7.02. The number of hydrogen-bond acceptors (Lipinski definition) is 9. The number of esters is 1. The van der Waals surface area contributed by atoms with E-state index in [-0.39, 0.29) is 17.5 Å². The van der Waals surface area contributed by atoms with Crippen LogP contribution in [0.4, 0.5) is 14.5 Å². The molecule has 1 heterocycles. The first-order chi connectivity index (χ1) is 15.7. The predicted molar refractivity (Wildman–Crippen MR) is 109 cm³/mol. The highest BCUT2D eigenvalue weighted by molar-refractivity contribution is 5.95. The Kier molecular flexibility index (Phi) is 7.16. The minimum Gasteiger partial charge on any atom is -0.493 e. The molecule has 0 aliphatic rings. The number of nitro benzene ring substituents is 1. The second-order valence-corrected chi connectivity index (χ2v) is 7.02. The Labute approximate surface area is 186 Å². The first kappa shape index (κ1) is 23.6. The Morgan fingerprint density at radius 3 is 2.45 bits per heavy atom. The molecule has 2 aromatic carbocycles. The maximum Gasteiger partial charge on any atom is 0.387 e. The Balaban J connectivity index is 1.76. The van der Waals surface area contributed by atoms with Gasteiger partial charge in [0.05, 0.1) is 18.1 Å². The first-order valence-corrected chi connectivity index (χ1v) is 9.60. The lowest BCUT2D eigenvalue weighted by Gasteiger charge is -2.11. The largest absolute Gasteiger partial charge is 0.493 e. The monoisotopic (exact) mass is 463 g/mol. The molecule has 3 aromatic rings. The van der Waals surface area contributed by atoms with Crippen molar-refractivity contribution in [1.82, 2.24) is 10.1 Å². The number of carbonyl (C=O) groups excluding carboxylic acids is 1. The first-order valence-electron chi connectivity index (χ1n) is 9.60. The number of aromatic nitrogens is 2. The van der Waals surface area contributed by atoms with Gasteiger partial charge in [-0.3, -0.25) is 10.1 Å². The van der Waals surface area contributed by atoms with E-state index in [1.807, 2.05) is 24.3 Å². The van der Waals surface area contributed by atoms with Gasteiger partial charge in [0.2, 0.25) is 5.82 Å². The molecule has 0 saturated heterocycles. The molecular weight excluding hydrogens is 444 g/mol. The fourth-order valence-electron chi connectivity index (χ4n) is 2.86. The molecular formula is C21H19F2N3O7. The van der Waals surface area contributed by atoms with Crippen molar-refractivity contribution in [3.63, 3.8) is 0 Å². The lowest BCUT2D eigenvalue weighted by atomic mass is 10.0. The van der Waals surface area contributed by atoms with Crippen LogP contribution in [0.5, 0.6) is 11.5 Å². The van der Waals surface area contributed by atoms with Crippen molar-refractivity contribution in [2.24, 2.45) is 0 Å². The van der Waals surface area contributed by atoms with E-state index in [1.165, 1.54) is 0 Å². The predicted octanol–water partition coefficient (Wildman–Crippen LogP) is 4.74. The zero-order valence-corrected chi connectivity index (χ0v) is 17.8. The van der Waals surface area contributed by atoms with Crippen LogP contribution in [-0.4, -0.2) is 34.8 Å². The van der Waals surface area contributed by atoms with Crippen LogP contribution in [0.3, 0.4) is 0 Å². The van der Waals surface area contributed by atoms with Crippen molar-refractivity contribution in [1.29, 1.82) is 0 Å². The highest BCUT2D eigenvalue weighted by Crippen LogP contribution is 2.36. The average Bonchev–Trinajstić information content (AvgIpc) is 3.25. The summed E-state index contributed by atoms with van der Waals surface area (Å²) in [5.74, 6) is -1.43. The summed E-state index contributed by atoms with van der Waals surface area (Å²) in [4.78, 5) is 27.0. The van der Waals surface area contributed by atoms with Gasteiger partial charge in [0.25, 0.3) is 11.6 Å². The highest BCUT2D eigenvalue weighted by atomic mass is 19.3. The fraction of sp³-hybridized carbons (Fsp3) is 0.286. The van der Waals surface area contributed by atoms with Crippen LogP contribution in [0.1, 0.15) is 41.6 Å². The van der Waals surface area contributed by atoms with Crippen molar-refractivity contribution in [2.75, 3.05) is 7.11 Å². The lowest BCUT2D eigenvalue weighted by molar-refractivity contribution is -0.385. The number of carbonyl (C=O) groups is 1. The molecule has 0 N–H and O–H groups in total. The van der Waals surface area contributed by atoms with Gasteiger partial charge in [-0.1, -0.05) is 43.3 Å². The average molecular weight is 463 g/mol. The smallest absolute Gasteiger partial charge is 0.387 e. The van der Waals surface area contributed by atoms with Gasteiger partial charge in [-0.15, -0.1) is 0 Å². The minimum absolute atomic E-state index is 0.0430. The number of hydrogen-bond donors (Lipinski definition) is 0. The maximum absolute atomic E-state index is 12.6. The molecule has 0 radical (unpaired) electrons. The molecule has 3 rings (SSSR count). The van der Waals surface area contributed by atoms with Crippen molar-refractivity contribution >= 4 is 11.7 Å². The quantitative estimate of drug-likeness (QED) is 0.251. The molecule has 0 fully saturated rings. The van der Waals surface area contributed by atoms with Crippen LogP contribution in [0.2, 0.25) is 0 Å². The third kappa shape index (κ3) is 5.59. The van der Waals surface area contributed by atoms with Gasteiger partial charge in [-0.25, -0.2) is 4.79 Å². The summed E-state index contributed by atoms with van der Waals surface area (Å²) in [6.07, 6.45) is 0. The number of methoxy groups -OCH3 is 1. The number of rotatable bonds is 9. The standard InChI is InChI=1S/C21H19F2N3O7/c1-11(2)12-4-6-13(7-5-12)19-24-18(33-25-19)10-31-20(27)14-8-16(30-3)17(32-21(22)23)9-15(14)26(28)29/h4-9,11,21H,10H2,1-3H3. The lowest BCUT2D eigenvalue weighted by Crippen LogP contribution is -2.11. The summed E-state index contributed by atoms with van der Waals surface area (Å²) >= 11 is 0. The van der Waals surface area contributed by atoms with Crippen molar-refractivity contribution in [3.8, 4) is 22.9 Å². The zero-order chi connectivity index (χ0) is 24.1. The van der Waals surface area contributed by atoms with E-state index in [1.54, 1.807) is 0 Å². The third-order valence-electron chi connectivity index (χ3n) is 4.55. The molecule has 0 aliphatic carbocycles. The van der Waals surface area contributed by atoms with E-state index in [0.717, 1.165) is 18.7 Å². The van der Waals surface area contributed by atoms with Crippen molar-refractivity contribution in [3.05, 3.63) is 63.5 Å². The minimum atomic E-state index is -3.25. The molecule has 0 spiro atoms. The van der Waals surface area contributed by atoms with E-state index in [9.17, 15) is 23.7 Å². The summed E-state index contributed by atoms with van der Waals surface area (Å²) in [5.41, 5.74) is 0.504. The molecule has 0 atom stereocenters. The number of alkyl halides is 2. The normalized spacial score (nSPS) is 11.0. The zero-order valence-electron chi connectivity index (χ0n) is 17.8. The van der Waals surface area contributed by atoms with Gasteiger partial charge in [0.1, 0.15) is 5.56 Å². The third-order valence-corrected chi connectivity index (χ3v) is 4.55. The van der Waals surface area contributed by atoms with Gasteiger partial charge in [-0.05, 0) is 11.5 Å². The fourth-order valence-corrected chi connectivity index (χ4v) is 2.86. The van der Waals surface area contributed by atoms with Gasteiger partial charge < -0.3 is 18.7 Å². The molecule has 0 amide bonds. The van der Waals surface area contributed by atoms with E-state index >= 15 is 0 Å². The highest BCUT2D eigenvalue weighted by Gasteiger charge is 2.27. The van der Waals surface area contributed by atoms with Gasteiger partial charge in [0.15, 0.2) is 18.1 Å². The van der Waals surface area contributed by atoms with Gasteiger partial charge >= 0.3 is 12.6 Å². The Bertz CT molecular complexity index is 1150. The van der Waals surface area contributed by atoms with E-state index in [0.29, 0.717) is 17.5 Å². The number of halogens is 2. The topological polar surface area (TPSA) is 127 Å². The molecule has 0 unspecified atom stereocenters. The summed E-state index contributed by atoms with van der Waals surface area (Å²) < 4.78 is 44.3. The molecule has 10 nitrogen and oxygen atoms in total. The Morgan fingerprint density at radius 1 is 1.18 bits per heavy atom. The van der Waals surface area contributed by atoms with E-state index < -0.39 is 41.1 Å². The van der Waals surface area contributed by atoms with Gasteiger partial charge in [0, 0.05) is 11.6 Å². The molecule has 0 aliphatic heterocycles. The Hall–Kier alpha value is -4.09. The SMILES string of the molecule is COc1cc(C(=O)OCc2nc(-c3ccc(C(C)C)cc3)no2)c([N+](=O)[O-])cc1OC(F)F. The van der Waals surface area contributed by atoms with Crippen LogP contribution >= 0.6 is 0 Å². The van der Waals surface area contributed by atoms with Crippen LogP contribution < -0.4 is 9.47 Å². The summed E-state index contributed by atoms with van der Waals surface area (Å²) in [5, 5.41) is 15.2.